The lowest BCUT2D eigenvalue weighted by Crippen LogP contribution is -2.18. The van der Waals surface area contributed by atoms with Crippen molar-refractivity contribution in [3.63, 3.8) is 0 Å². The summed E-state index contributed by atoms with van der Waals surface area (Å²) in [6.07, 6.45) is 5.69. The summed E-state index contributed by atoms with van der Waals surface area (Å²) in [6, 6.07) is 12.8. The topological polar surface area (TPSA) is 66.5 Å². The molecule has 0 bridgehead atoms. The fourth-order valence-corrected chi connectivity index (χ4v) is 2.84. The number of nitrogens with one attached hydrogen (secondary N) is 2. The van der Waals surface area contributed by atoms with Crippen LogP contribution in [0.4, 0.5) is 5.95 Å². The minimum atomic E-state index is 0.296. The minimum absolute atomic E-state index is 0.296. The van der Waals surface area contributed by atoms with Crippen LogP contribution in [0.2, 0.25) is 0 Å². The Morgan fingerprint density at radius 1 is 1.08 bits per heavy atom. The smallest absolute Gasteiger partial charge is 0.223 e. The van der Waals surface area contributed by atoms with Gasteiger partial charge in [0, 0.05) is 23.5 Å². The number of hydrogen-bond donors (Lipinski definition) is 2. The molecule has 1 aromatic carbocycles. The molecule has 0 saturated heterocycles. The first kappa shape index (κ1) is 17.1. The zero-order chi connectivity index (χ0) is 17.6. The molecule has 1 unspecified atom stereocenters. The van der Waals surface area contributed by atoms with Crippen molar-refractivity contribution in [2.24, 2.45) is 0 Å². The highest BCUT2D eigenvalue weighted by Gasteiger charge is 2.13. The number of nitrogens with zero attached hydrogens (tertiary/aromatic N) is 3. The summed E-state index contributed by atoms with van der Waals surface area (Å²) in [7, 11) is 0. The largest absolute Gasteiger partial charge is 0.352 e. The number of aromatic amines is 1. The Labute approximate surface area is 148 Å². The van der Waals surface area contributed by atoms with E-state index in [1.165, 1.54) is 5.56 Å². The monoisotopic (exact) mass is 335 g/mol. The molecule has 130 valence electrons. The number of aromatic nitrogens is 4. The number of anilines is 1. The Morgan fingerprint density at radius 2 is 1.88 bits per heavy atom. The van der Waals surface area contributed by atoms with E-state index < -0.39 is 0 Å². The third-order valence-corrected chi connectivity index (χ3v) is 4.26. The van der Waals surface area contributed by atoms with E-state index in [1.54, 1.807) is 6.20 Å². The van der Waals surface area contributed by atoms with Crippen molar-refractivity contribution in [1.29, 1.82) is 0 Å². The van der Waals surface area contributed by atoms with Gasteiger partial charge in [0.2, 0.25) is 5.95 Å². The number of benzene rings is 1. The van der Waals surface area contributed by atoms with E-state index in [-0.39, 0.29) is 0 Å². The molecule has 0 aliphatic heterocycles. The summed E-state index contributed by atoms with van der Waals surface area (Å²) in [6.45, 7) is 6.45. The maximum atomic E-state index is 4.67. The molecule has 2 N–H and O–H groups in total. The van der Waals surface area contributed by atoms with Crippen LogP contribution in [0.15, 0.2) is 48.8 Å². The molecule has 3 aromatic rings. The van der Waals surface area contributed by atoms with Crippen molar-refractivity contribution in [3.05, 3.63) is 60.0 Å². The molecule has 0 aliphatic carbocycles. The molecule has 2 heterocycles. The van der Waals surface area contributed by atoms with Crippen LogP contribution in [-0.4, -0.2) is 26.2 Å². The van der Waals surface area contributed by atoms with Gasteiger partial charge in [-0.1, -0.05) is 44.2 Å². The number of aryl methyl sites for hydroxylation is 1. The Morgan fingerprint density at radius 3 is 2.64 bits per heavy atom. The van der Waals surface area contributed by atoms with Crippen molar-refractivity contribution in [1.82, 2.24) is 20.2 Å². The quantitative estimate of drug-likeness (QED) is 0.670. The van der Waals surface area contributed by atoms with E-state index >= 15 is 0 Å². The lowest BCUT2D eigenvalue weighted by Gasteiger charge is -2.14. The molecule has 0 spiro atoms. The van der Waals surface area contributed by atoms with Gasteiger partial charge >= 0.3 is 0 Å². The van der Waals surface area contributed by atoms with Crippen LogP contribution in [0.5, 0.6) is 0 Å². The predicted molar refractivity (Wildman–Crippen MR) is 102 cm³/mol. The molecular weight excluding hydrogens is 310 g/mol. The van der Waals surface area contributed by atoms with E-state index in [0.717, 1.165) is 29.8 Å². The average Bonchev–Trinajstić information content (AvgIpc) is 3.11. The van der Waals surface area contributed by atoms with Crippen molar-refractivity contribution in [2.75, 3.05) is 5.32 Å². The summed E-state index contributed by atoms with van der Waals surface area (Å²) in [5.74, 6) is 1.03. The molecule has 0 radical (unpaired) electrons. The van der Waals surface area contributed by atoms with Gasteiger partial charge in [0.1, 0.15) is 0 Å². The molecule has 2 aromatic heterocycles. The van der Waals surface area contributed by atoms with Crippen molar-refractivity contribution >= 4 is 5.95 Å². The fourth-order valence-electron chi connectivity index (χ4n) is 2.84. The first-order valence-corrected chi connectivity index (χ1v) is 8.80. The van der Waals surface area contributed by atoms with Gasteiger partial charge in [0.05, 0.1) is 11.9 Å². The molecule has 25 heavy (non-hydrogen) atoms. The van der Waals surface area contributed by atoms with Crippen LogP contribution in [-0.2, 0) is 6.42 Å². The van der Waals surface area contributed by atoms with Crippen LogP contribution in [0.25, 0.3) is 11.3 Å². The third-order valence-electron chi connectivity index (χ3n) is 4.26. The van der Waals surface area contributed by atoms with Crippen molar-refractivity contribution in [3.8, 4) is 11.3 Å². The molecule has 0 aliphatic rings. The normalized spacial score (nSPS) is 12.3. The molecule has 5 heteroatoms. The maximum absolute atomic E-state index is 4.67. The highest BCUT2D eigenvalue weighted by molar-refractivity contribution is 5.62. The van der Waals surface area contributed by atoms with Gasteiger partial charge in [0.25, 0.3) is 0 Å². The zero-order valence-corrected chi connectivity index (χ0v) is 15.0. The van der Waals surface area contributed by atoms with E-state index in [0.29, 0.717) is 17.9 Å². The van der Waals surface area contributed by atoms with Crippen molar-refractivity contribution in [2.45, 2.75) is 45.6 Å². The van der Waals surface area contributed by atoms with Gasteiger partial charge in [0.15, 0.2) is 0 Å². The van der Waals surface area contributed by atoms with Gasteiger partial charge in [-0.2, -0.15) is 5.10 Å². The highest BCUT2D eigenvalue weighted by atomic mass is 15.1. The van der Waals surface area contributed by atoms with Crippen LogP contribution < -0.4 is 5.32 Å². The molecule has 0 amide bonds. The second-order valence-electron chi connectivity index (χ2n) is 6.69. The van der Waals surface area contributed by atoms with Gasteiger partial charge in [-0.3, -0.25) is 5.10 Å². The van der Waals surface area contributed by atoms with Gasteiger partial charge < -0.3 is 5.32 Å². The lowest BCUT2D eigenvalue weighted by molar-refractivity contribution is 0.699. The van der Waals surface area contributed by atoms with Crippen LogP contribution in [0.3, 0.4) is 0 Å². The highest BCUT2D eigenvalue weighted by Crippen LogP contribution is 2.26. The number of rotatable bonds is 7. The average molecular weight is 335 g/mol. The van der Waals surface area contributed by atoms with Crippen LogP contribution in [0, 0.1) is 0 Å². The Bertz CT molecular complexity index is 795. The molecule has 3 rings (SSSR count). The predicted octanol–water partition coefficient (Wildman–Crippen LogP) is 4.42. The van der Waals surface area contributed by atoms with Crippen LogP contribution >= 0.6 is 0 Å². The van der Waals surface area contributed by atoms with Gasteiger partial charge in [-0.15, -0.1) is 0 Å². The second-order valence-corrected chi connectivity index (χ2v) is 6.69. The van der Waals surface area contributed by atoms with E-state index in [1.807, 2.05) is 18.3 Å². The molecule has 5 nitrogen and oxygen atoms in total. The summed E-state index contributed by atoms with van der Waals surface area (Å²) in [4.78, 5) is 9.04. The standard InChI is InChI=1S/C20H25N5/c1-14(2)19-17(13-22-25-19)18-11-12-21-20(24-18)23-15(3)9-10-16-7-5-4-6-8-16/h4-8,11-15H,9-10H2,1-3H3,(H,22,25)(H,21,23,24). The molecule has 0 fully saturated rings. The summed E-state index contributed by atoms with van der Waals surface area (Å²) in [5.41, 5.74) is 4.38. The van der Waals surface area contributed by atoms with E-state index in [2.05, 4.69) is 70.5 Å². The fraction of sp³-hybridized carbons (Fsp3) is 0.350. The number of hydrogen-bond acceptors (Lipinski definition) is 4. The van der Waals surface area contributed by atoms with Gasteiger partial charge in [-0.05, 0) is 37.3 Å². The second kappa shape index (κ2) is 7.92. The van der Waals surface area contributed by atoms with E-state index in [9.17, 15) is 0 Å². The summed E-state index contributed by atoms with van der Waals surface area (Å²) in [5, 5.41) is 10.6. The summed E-state index contributed by atoms with van der Waals surface area (Å²) >= 11 is 0. The first-order chi connectivity index (χ1) is 12.1. The lowest BCUT2D eigenvalue weighted by atomic mass is 10.0. The first-order valence-electron chi connectivity index (χ1n) is 8.80. The maximum Gasteiger partial charge on any atom is 0.223 e. The Kier molecular flexibility index (Phi) is 5.43. The SMILES string of the molecule is CC(CCc1ccccc1)Nc1nccc(-c2cn[nH]c2C(C)C)n1. The Balaban J connectivity index is 1.66. The molecule has 0 saturated carbocycles. The Hall–Kier alpha value is -2.69. The molecular formula is C20H25N5. The van der Waals surface area contributed by atoms with Crippen molar-refractivity contribution < 1.29 is 0 Å². The number of H-pyrrole nitrogens is 1. The zero-order valence-electron chi connectivity index (χ0n) is 15.0. The van der Waals surface area contributed by atoms with E-state index in [4.69, 9.17) is 0 Å². The third kappa shape index (κ3) is 4.44. The summed E-state index contributed by atoms with van der Waals surface area (Å²) < 4.78 is 0. The minimum Gasteiger partial charge on any atom is -0.352 e. The molecule has 1 atom stereocenters. The van der Waals surface area contributed by atoms with Gasteiger partial charge in [-0.25, -0.2) is 9.97 Å². The van der Waals surface area contributed by atoms with Crippen LogP contribution in [0.1, 0.15) is 44.4 Å².